The van der Waals surface area contributed by atoms with Gasteiger partial charge in [-0.3, -0.25) is 4.79 Å². The van der Waals surface area contributed by atoms with Crippen molar-refractivity contribution in [3.05, 3.63) is 64.7 Å². The molecule has 3 nitrogen and oxygen atoms in total. The van der Waals surface area contributed by atoms with E-state index in [0.29, 0.717) is 24.8 Å². The summed E-state index contributed by atoms with van der Waals surface area (Å²) in [5.74, 6) is -0.740. The minimum atomic E-state index is -4.44. The van der Waals surface area contributed by atoms with Gasteiger partial charge in [0.2, 0.25) is 5.91 Å². The van der Waals surface area contributed by atoms with Gasteiger partial charge in [-0.1, -0.05) is 37.3 Å². The summed E-state index contributed by atoms with van der Waals surface area (Å²) in [7, 11) is 0. The zero-order chi connectivity index (χ0) is 18.9. The molecule has 0 aromatic heterocycles. The Kier molecular flexibility index (Phi) is 4.94. The molecule has 2 aromatic rings. The molecule has 3 rings (SSSR count). The molecule has 2 N–H and O–H groups in total. The van der Waals surface area contributed by atoms with Crippen molar-refractivity contribution in [3.63, 3.8) is 0 Å². The first-order valence-electron chi connectivity index (χ1n) is 8.59. The van der Waals surface area contributed by atoms with Gasteiger partial charge in [0.1, 0.15) is 5.75 Å². The summed E-state index contributed by atoms with van der Waals surface area (Å²) in [6, 6.07) is 9.90. The summed E-state index contributed by atoms with van der Waals surface area (Å²) < 4.78 is 38.8. The van der Waals surface area contributed by atoms with Gasteiger partial charge in [0.15, 0.2) is 0 Å². The zero-order valence-corrected chi connectivity index (χ0v) is 14.3. The van der Waals surface area contributed by atoms with Crippen LogP contribution in [-0.4, -0.2) is 11.0 Å². The molecule has 1 aliphatic rings. The highest BCUT2D eigenvalue weighted by atomic mass is 19.4. The van der Waals surface area contributed by atoms with E-state index < -0.39 is 17.7 Å². The van der Waals surface area contributed by atoms with Gasteiger partial charge < -0.3 is 10.4 Å². The average Bonchev–Trinajstić information content (AvgIpc) is 2.99. The van der Waals surface area contributed by atoms with Crippen LogP contribution in [-0.2, 0) is 17.4 Å². The standard InChI is InChI=1S/C20H20F3NO2/c1-2-14(12-5-3-6-13(11-12)20(21,22)23)19(26)24-17-10-9-16-15(17)7-4-8-18(16)25/h3-8,11,14,17,25H,2,9-10H2,1H3,(H,24,26)/t14-,17-/m1/s1. The number of halogens is 3. The van der Waals surface area contributed by atoms with E-state index in [9.17, 15) is 23.1 Å². The zero-order valence-electron chi connectivity index (χ0n) is 14.3. The SMILES string of the molecule is CC[C@@H](C(=O)N[C@@H]1CCc2c(O)cccc21)c1cccc(C(F)(F)F)c1. The summed E-state index contributed by atoms with van der Waals surface area (Å²) in [4.78, 5) is 12.7. The number of phenols is 1. The third-order valence-electron chi connectivity index (χ3n) is 4.90. The van der Waals surface area contributed by atoms with Crippen molar-refractivity contribution in [2.45, 2.75) is 44.3 Å². The topological polar surface area (TPSA) is 49.3 Å². The monoisotopic (exact) mass is 363 g/mol. The molecule has 2 atom stereocenters. The van der Waals surface area contributed by atoms with Gasteiger partial charge in [0.05, 0.1) is 17.5 Å². The Morgan fingerprint density at radius 1 is 1.27 bits per heavy atom. The van der Waals surface area contributed by atoms with Gasteiger partial charge in [-0.25, -0.2) is 0 Å². The van der Waals surface area contributed by atoms with E-state index >= 15 is 0 Å². The molecule has 0 saturated heterocycles. The van der Waals surface area contributed by atoms with E-state index in [1.165, 1.54) is 6.07 Å². The third kappa shape index (κ3) is 3.54. The van der Waals surface area contributed by atoms with E-state index in [0.717, 1.165) is 23.3 Å². The fraction of sp³-hybridized carbons (Fsp3) is 0.350. The Morgan fingerprint density at radius 3 is 2.69 bits per heavy atom. The maximum absolute atomic E-state index is 12.9. The van der Waals surface area contributed by atoms with Crippen LogP contribution in [0.2, 0.25) is 0 Å². The molecule has 0 heterocycles. The fourth-order valence-corrected chi connectivity index (χ4v) is 3.56. The second-order valence-electron chi connectivity index (χ2n) is 6.53. The molecule has 6 heteroatoms. The summed E-state index contributed by atoms with van der Waals surface area (Å²) in [6.45, 7) is 1.78. The molecule has 1 amide bonds. The van der Waals surface area contributed by atoms with E-state index in [-0.39, 0.29) is 17.7 Å². The van der Waals surface area contributed by atoms with E-state index in [2.05, 4.69) is 5.32 Å². The van der Waals surface area contributed by atoms with Crippen molar-refractivity contribution in [1.29, 1.82) is 0 Å². The number of phenolic OH excluding ortho intramolecular Hbond substituents is 1. The number of alkyl halides is 3. The Hall–Kier alpha value is -2.50. The van der Waals surface area contributed by atoms with Gasteiger partial charge in [-0.2, -0.15) is 13.2 Å². The Labute approximate surface area is 149 Å². The van der Waals surface area contributed by atoms with Crippen molar-refractivity contribution in [1.82, 2.24) is 5.32 Å². The summed E-state index contributed by atoms with van der Waals surface area (Å²) in [6.07, 6.45) is -2.72. The van der Waals surface area contributed by atoms with Gasteiger partial charge >= 0.3 is 6.18 Å². The number of aromatic hydroxyl groups is 1. The Balaban J connectivity index is 1.80. The van der Waals surface area contributed by atoms with Crippen LogP contribution in [0.25, 0.3) is 0 Å². The maximum atomic E-state index is 12.9. The second kappa shape index (κ2) is 7.02. The molecule has 0 bridgehead atoms. The number of fused-ring (bicyclic) bond motifs is 1. The molecule has 0 saturated carbocycles. The summed E-state index contributed by atoms with van der Waals surface area (Å²) in [5, 5.41) is 12.8. The first-order valence-corrected chi connectivity index (χ1v) is 8.59. The molecule has 0 aliphatic heterocycles. The van der Waals surface area contributed by atoms with Crippen LogP contribution in [0.3, 0.4) is 0 Å². The maximum Gasteiger partial charge on any atom is 0.416 e. The van der Waals surface area contributed by atoms with E-state index in [1.54, 1.807) is 25.1 Å². The van der Waals surface area contributed by atoms with Gasteiger partial charge in [0, 0.05) is 0 Å². The average molecular weight is 363 g/mol. The number of hydrogen-bond acceptors (Lipinski definition) is 2. The lowest BCUT2D eigenvalue weighted by molar-refractivity contribution is -0.137. The van der Waals surface area contributed by atoms with Crippen LogP contribution in [0.4, 0.5) is 13.2 Å². The first kappa shape index (κ1) is 18.3. The Bertz CT molecular complexity index is 817. The molecular formula is C20H20F3NO2. The van der Waals surface area contributed by atoms with Gasteiger partial charge in [-0.15, -0.1) is 0 Å². The van der Waals surface area contributed by atoms with Gasteiger partial charge in [0.25, 0.3) is 0 Å². The highest BCUT2D eigenvalue weighted by molar-refractivity contribution is 5.84. The molecule has 1 aliphatic carbocycles. The quantitative estimate of drug-likeness (QED) is 0.827. The number of carbonyl (C=O) groups excluding carboxylic acids is 1. The van der Waals surface area contributed by atoms with Crippen LogP contribution in [0.5, 0.6) is 5.75 Å². The van der Waals surface area contributed by atoms with Crippen molar-refractivity contribution < 1.29 is 23.1 Å². The van der Waals surface area contributed by atoms with Crippen molar-refractivity contribution in [2.75, 3.05) is 0 Å². The highest BCUT2D eigenvalue weighted by Crippen LogP contribution is 2.37. The normalized spacial score (nSPS) is 17.6. The molecule has 0 spiro atoms. The molecule has 0 fully saturated rings. The molecule has 2 aromatic carbocycles. The number of hydrogen-bond donors (Lipinski definition) is 2. The number of rotatable bonds is 4. The summed E-state index contributed by atoms with van der Waals surface area (Å²) in [5.41, 5.74) is 1.30. The predicted octanol–water partition coefficient (Wildman–Crippen LogP) is 4.71. The summed E-state index contributed by atoms with van der Waals surface area (Å²) >= 11 is 0. The lowest BCUT2D eigenvalue weighted by Crippen LogP contribution is -2.32. The molecule has 26 heavy (non-hydrogen) atoms. The molecule has 138 valence electrons. The largest absolute Gasteiger partial charge is 0.508 e. The minimum absolute atomic E-state index is 0.212. The lowest BCUT2D eigenvalue weighted by Gasteiger charge is -2.21. The Morgan fingerprint density at radius 2 is 2.00 bits per heavy atom. The van der Waals surface area contributed by atoms with Crippen LogP contribution in [0.1, 0.15) is 54.0 Å². The van der Waals surface area contributed by atoms with Crippen molar-refractivity contribution >= 4 is 5.91 Å². The van der Waals surface area contributed by atoms with Crippen molar-refractivity contribution in [2.24, 2.45) is 0 Å². The van der Waals surface area contributed by atoms with E-state index in [4.69, 9.17) is 0 Å². The number of amides is 1. The molecule has 0 radical (unpaired) electrons. The van der Waals surface area contributed by atoms with Gasteiger partial charge in [-0.05, 0) is 48.1 Å². The second-order valence-corrected chi connectivity index (χ2v) is 6.53. The fourth-order valence-electron chi connectivity index (χ4n) is 3.56. The molecular weight excluding hydrogens is 343 g/mol. The first-order chi connectivity index (χ1) is 12.3. The van der Waals surface area contributed by atoms with Crippen LogP contribution in [0, 0.1) is 0 Å². The third-order valence-corrected chi connectivity index (χ3v) is 4.90. The number of carbonyl (C=O) groups is 1. The van der Waals surface area contributed by atoms with Crippen LogP contribution in [0.15, 0.2) is 42.5 Å². The lowest BCUT2D eigenvalue weighted by atomic mass is 9.93. The van der Waals surface area contributed by atoms with Crippen LogP contribution < -0.4 is 5.32 Å². The number of nitrogens with one attached hydrogen (secondary N) is 1. The highest BCUT2D eigenvalue weighted by Gasteiger charge is 2.32. The van der Waals surface area contributed by atoms with Crippen molar-refractivity contribution in [3.8, 4) is 5.75 Å². The van der Waals surface area contributed by atoms with E-state index in [1.807, 2.05) is 6.07 Å². The number of benzene rings is 2. The minimum Gasteiger partial charge on any atom is -0.508 e. The predicted molar refractivity (Wildman–Crippen MR) is 91.8 cm³/mol. The van der Waals surface area contributed by atoms with Crippen LogP contribution >= 0.6 is 0 Å². The smallest absolute Gasteiger partial charge is 0.416 e. The molecule has 0 unspecified atom stereocenters.